The third-order valence-electron chi connectivity index (χ3n) is 4.26. The molecule has 0 unspecified atom stereocenters. The Balaban J connectivity index is 1.79. The van der Waals surface area contributed by atoms with Gasteiger partial charge in [0.2, 0.25) is 5.91 Å². The van der Waals surface area contributed by atoms with Gasteiger partial charge in [0.15, 0.2) is 6.61 Å². The molecular weight excluding hydrogens is 338 g/mol. The molecule has 1 fully saturated rings. The molecule has 0 aliphatic carbocycles. The molecule has 26 heavy (non-hydrogen) atoms. The number of esters is 1. The Hall–Kier alpha value is -2.45. The van der Waals surface area contributed by atoms with Gasteiger partial charge >= 0.3 is 5.97 Å². The van der Waals surface area contributed by atoms with Gasteiger partial charge in [-0.3, -0.25) is 9.59 Å². The molecule has 0 atom stereocenters. The van der Waals surface area contributed by atoms with Crippen LogP contribution in [0.5, 0.6) is 0 Å². The summed E-state index contributed by atoms with van der Waals surface area (Å²) in [5.74, 6) is -1.28. The smallest absolute Gasteiger partial charge is 0.338 e. The minimum absolute atomic E-state index is 0.0779. The number of morpholine rings is 1. The Bertz CT molecular complexity index is 626. The maximum Gasteiger partial charge on any atom is 0.338 e. The number of likely N-dealkylation sites (N-methyl/N-ethyl adjacent to an activating group) is 2. The number of amides is 2. The highest BCUT2D eigenvalue weighted by atomic mass is 16.5. The standard InChI is InChI=1S/C18H25N3O5/c1-19-16(22)12-20(2)17(23)13-26-18(24)15-5-3-14(4-6-15)11-21-7-9-25-10-8-21/h3-6H,7-13H2,1-2H3,(H,19,22)/p+1. The first kappa shape index (κ1) is 19.9. The average molecular weight is 364 g/mol. The predicted octanol–water partition coefficient (Wildman–Crippen LogP) is -1.54. The molecule has 8 heteroatoms. The number of ether oxygens (including phenoxy) is 2. The van der Waals surface area contributed by atoms with Crippen molar-refractivity contribution < 1.29 is 28.8 Å². The molecule has 0 radical (unpaired) electrons. The SMILES string of the molecule is CNC(=O)CN(C)C(=O)COC(=O)c1ccc(C[NH+]2CCOCC2)cc1. The van der Waals surface area contributed by atoms with E-state index in [4.69, 9.17) is 9.47 Å². The summed E-state index contributed by atoms with van der Waals surface area (Å²) in [5, 5.41) is 2.43. The van der Waals surface area contributed by atoms with E-state index in [0.29, 0.717) is 5.56 Å². The Morgan fingerprint density at radius 2 is 1.85 bits per heavy atom. The Kier molecular flexibility index (Phi) is 7.55. The van der Waals surface area contributed by atoms with E-state index in [0.717, 1.165) is 38.4 Å². The fourth-order valence-electron chi connectivity index (χ4n) is 2.59. The highest BCUT2D eigenvalue weighted by molar-refractivity contribution is 5.92. The molecule has 1 aromatic rings. The number of nitrogens with one attached hydrogen (secondary N) is 2. The van der Waals surface area contributed by atoms with Crippen molar-refractivity contribution in [1.82, 2.24) is 10.2 Å². The fourth-order valence-corrected chi connectivity index (χ4v) is 2.59. The number of benzene rings is 1. The van der Waals surface area contributed by atoms with Gasteiger partial charge in [-0.15, -0.1) is 0 Å². The number of quaternary nitrogens is 1. The number of hydrogen-bond donors (Lipinski definition) is 2. The van der Waals surface area contributed by atoms with E-state index in [1.807, 2.05) is 12.1 Å². The highest BCUT2D eigenvalue weighted by Gasteiger charge is 2.17. The van der Waals surface area contributed by atoms with Gasteiger partial charge in [-0.1, -0.05) is 12.1 Å². The van der Waals surface area contributed by atoms with Crippen molar-refractivity contribution in [3.05, 3.63) is 35.4 Å². The van der Waals surface area contributed by atoms with Gasteiger partial charge in [0, 0.05) is 19.7 Å². The topological polar surface area (TPSA) is 89.4 Å². The molecule has 0 spiro atoms. The van der Waals surface area contributed by atoms with Crippen molar-refractivity contribution in [2.24, 2.45) is 0 Å². The van der Waals surface area contributed by atoms with E-state index in [-0.39, 0.29) is 12.5 Å². The van der Waals surface area contributed by atoms with Crippen LogP contribution in [-0.4, -0.2) is 76.2 Å². The maximum atomic E-state index is 12.1. The van der Waals surface area contributed by atoms with Gasteiger partial charge in [0.1, 0.15) is 19.6 Å². The van der Waals surface area contributed by atoms with Gasteiger partial charge in [0.05, 0.1) is 25.3 Å². The second-order valence-corrected chi connectivity index (χ2v) is 6.24. The molecule has 8 nitrogen and oxygen atoms in total. The largest absolute Gasteiger partial charge is 0.452 e. The van der Waals surface area contributed by atoms with Crippen LogP contribution in [0.2, 0.25) is 0 Å². The van der Waals surface area contributed by atoms with E-state index in [1.165, 1.54) is 23.9 Å². The number of rotatable bonds is 7. The van der Waals surface area contributed by atoms with Crippen LogP contribution in [0.1, 0.15) is 15.9 Å². The van der Waals surface area contributed by atoms with Crippen molar-refractivity contribution in [3.63, 3.8) is 0 Å². The maximum absolute atomic E-state index is 12.1. The monoisotopic (exact) mass is 364 g/mol. The number of carbonyl (C=O) groups excluding carboxylic acids is 3. The summed E-state index contributed by atoms with van der Waals surface area (Å²) >= 11 is 0. The van der Waals surface area contributed by atoms with Crippen LogP contribution >= 0.6 is 0 Å². The van der Waals surface area contributed by atoms with Gasteiger partial charge in [-0.05, 0) is 12.1 Å². The van der Waals surface area contributed by atoms with Crippen LogP contribution < -0.4 is 10.2 Å². The molecule has 2 amide bonds. The summed E-state index contributed by atoms with van der Waals surface area (Å²) in [7, 11) is 2.97. The normalized spacial score (nSPS) is 14.5. The molecule has 0 saturated carbocycles. The summed E-state index contributed by atoms with van der Waals surface area (Å²) in [6, 6.07) is 7.21. The first-order chi connectivity index (χ1) is 12.5. The molecule has 1 aromatic carbocycles. The lowest BCUT2D eigenvalue weighted by Crippen LogP contribution is -3.12. The fraction of sp³-hybridized carbons (Fsp3) is 0.500. The summed E-state index contributed by atoms with van der Waals surface area (Å²) < 4.78 is 10.4. The molecule has 1 saturated heterocycles. The van der Waals surface area contributed by atoms with E-state index in [2.05, 4.69) is 5.32 Å². The first-order valence-electron chi connectivity index (χ1n) is 8.61. The molecule has 1 aliphatic rings. The van der Waals surface area contributed by atoms with Crippen LogP contribution in [0.3, 0.4) is 0 Å². The van der Waals surface area contributed by atoms with E-state index >= 15 is 0 Å². The number of carbonyl (C=O) groups is 3. The van der Waals surface area contributed by atoms with Gasteiger partial charge in [-0.2, -0.15) is 0 Å². The summed E-state index contributed by atoms with van der Waals surface area (Å²) in [6.07, 6.45) is 0. The molecule has 0 bridgehead atoms. The zero-order valence-corrected chi connectivity index (χ0v) is 15.2. The number of hydrogen-bond acceptors (Lipinski definition) is 5. The van der Waals surface area contributed by atoms with Crippen LogP contribution in [0, 0.1) is 0 Å². The van der Waals surface area contributed by atoms with Crippen LogP contribution in [0.25, 0.3) is 0 Å². The van der Waals surface area contributed by atoms with Gasteiger partial charge < -0.3 is 24.6 Å². The van der Waals surface area contributed by atoms with Crippen LogP contribution in [-0.2, 0) is 25.6 Å². The Morgan fingerprint density at radius 1 is 1.19 bits per heavy atom. The first-order valence-corrected chi connectivity index (χ1v) is 8.61. The minimum atomic E-state index is -0.558. The van der Waals surface area contributed by atoms with Gasteiger partial charge in [-0.25, -0.2) is 4.79 Å². The van der Waals surface area contributed by atoms with Crippen molar-refractivity contribution in [2.75, 3.05) is 53.6 Å². The average Bonchev–Trinajstić information content (AvgIpc) is 2.67. The second kappa shape index (κ2) is 9.88. The molecular formula is C18H26N3O5+. The zero-order valence-electron chi connectivity index (χ0n) is 15.2. The summed E-state index contributed by atoms with van der Waals surface area (Å²) in [6.45, 7) is 3.94. The van der Waals surface area contributed by atoms with E-state index in [1.54, 1.807) is 12.1 Å². The van der Waals surface area contributed by atoms with E-state index < -0.39 is 18.5 Å². The van der Waals surface area contributed by atoms with Crippen LogP contribution in [0.4, 0.5) is 0 Å². The molecule has 0 aromatic heterocycles. The Labute approximate surface area is 153 Å². The van der Waals surface area contributed by atoms with Crippen molar-refractivity contribution in [3.8, 4) is 0 Å². The lowest BCUT2D eigenvalue weighted by Gasteiger charge is -2.23. The molecule has 1 aliphatic heterocycles. The number of nitrogens with zero attached hydrogens (tertiary/aromatic N) is 1. The molecule has 142 valence electrons. The van der Waals surface area contributed by atoms with E-state index in [9.17, 15) is 14.4 Å². The van der Waals surface area contributed by atoms with Crippen molar-refractivity contribution in [2.45, 2.75) is 6.54 Å². The second-order valence-electron chi connectivity index (χ2n) is 6.24. The van der Waals surface area contributed by atoms with Crippen molar-refractivity contribution >= 4 is 17.8 Å². The van der Waals surface area contributed by atoms with Gasteiger partial charge in [0.25, 0.3) is 5.91 Å². The highest BCUT2D eigenvalue weighted by Crippen LogP contribution is 2.06. The van der Waals surface area contributed by atoms with Crippen molar-refractivity contribution in [1.29, 1.82) is 0 Å². The lowest BCUT2D eigenvalue weighted by molar-refractivity contribution is -0.921. The minimum Gasteiger partial charge on any atom is -0.452 e. The predicted molar refractivity (Wildman–Crippen MR) is 93.6 cm³/mol. The van der Waals surface area contributed by atoms with Crippen LogP contribution in [0.15, 0.2) is 24.3 Å². The molecule has 2 N–H and O–H groups in total. The zero-order chi connectivity index (χ0) is 18.9. The third-order valence-corrected chi connectivity index (χ3v) is 4.26. The quantitative estimate of drug-likeness (QED) is 0.573. The Morgan fingerprint density at radius 3 is 2.46 bits per heavy atom. The molecule has 2 rings (SSSR count). The molecule has 1 heterocycles. The third kappa shape index (κ3) is 6.12. The lowest BCUT2D eigenvalue weighted by atomic mass is 10.1. The summed E-state index contributed by atoms with van der Waals surface area (Å²) in [4.78, 5) is 37.8. The summed E-state index contributed by atoms with van der Waals surface area (Å²) in [5.41, 5.74) is 1.53.